The number of hydrogen-bond donors (Lipinski definition) is 1. The van der Waals surface area contributed by atoms with Crippen LogP contribution in [0.3, 0.4) is 0 Å². The molecule has 6 nitrogen and oxygen atoms in total. The molecule has 1 aromatic carbocycles. The van der Waals surface area contributed by atoms with E-state index in [1.807, 2.05) is 0 Å². The molecule has 0 aliphatic rings. The van der Waals surface area contributed by atoms with Crippen LogP contribution in [0.2, 0.25) is 0 Å². The Morgan fingerprint density at radius 3 is 2.47 bits per heavy atom. The second kappa shape index (κ2) is 5.05. The zero-order chi connectivity index (χ0) is 13.1. The largest absolute Gasteiger partial charge is 0.453 e. The van der Waals surface area contributed by atoms with E-state index in [1.54, 1.807) is 24.3 Å². The summed E-state index contributed by atoms with van der Waals surface area (Å²) in [6.07, 6.45) is 0.432. The molecule has 0 bridgehead atoms. The molecule has 1 N–H and O–H groups in total. The molecular formula is C10H14N2O4S. The fraction of sp³-hybridized carbons (Fsp3) is 0.300. The number of nitrogens with one attached hydrogen (secondary N) is 1. The average Bonchev–Trinajstić information content (AvgIpc) is 2.27. The Kier molecular flexibility index (Phi) is 3.95. The van der Waals surface area contributed by atoms with Crippen LogP contribution >= 0.6 is 0 Å². The van der Waals surface area contributed by atoms with E-state index < -0.39 is 16.1 Å². The van der Waals surface area contributed by atoms with Gasteiger partial charge < -0.3 is 4.74 Å². The Labute approximate surface area is 100 Å². The zero-order valence-corrected chi connectivity index (χ0v) is 10.6. The second-order valence-corrected chi connectivity index (χ2v) is 5.38. The summed E-state index contributed by atoms with van der Waals surface area (Å²) in [5.41, 5.74) is 0.743. The summed E-state index contributed by atoms with van der Waals surface area (Å²) in [5, 5.41) is 2.45. The number of carbonyl (C=O) groups excluding carboxylic acids is 1. The minimum Gasteiger partial charge on any atom is -0.453 e. The average molecular weight is 258 g/mol. The van der Waals surface area contributed by atoms with Crippen LogP contribution in [0, 0.1) is 0 Å². The van der Waals surface area contributed by atoms with Gasteiger partial charge in [0.05, 0.1) is 24.7 Å². The third-order valence-corrected chi connectivity index (χ3v) is 3.35. The first-order valence-electron chi connectivity index (χ1n) is 4.74. The maximum atomic E-state index is 11.4. The maximum Gasteiger partial charge on any atom is 0.411 e. The van der Waals surface area contributed by atoms with Crippen LogP contribution in [-0.4, -0.2) is 34.9 Å². The van der Waals surface area contributed by atoms with Crippen molar-refractivity contribution >= 4 is 27.5 Å². The summed E-state index contributed by atoms with van der Waals surface area (Å²) in [6, 6.07) is 6.55. The van der Waals surface area contributed by atoms with E-state index in [1.165, 1.54) is 14.2 Å². The normalized spacial score (nSPS) is 10.8. The van der Waals surface area contributed by atoms with Crippen LogP contribution in [0.4, 0.5) is 16.2 Å². The number of para-hydroxylation sites is 2. The topological polar surface area (TPSA) is 75.7 Å². The summed E-state index contributed by atoms with van der Waals surface area (Å²) in [7, 11) is -0.735. The summed E-state index contributed by atoms with van der Waals surface area (Å²) in [4.78, 5) is 11.1. The maximum absolute atomic E-state index is 11.4. The van der Waals surface area contributed by atoms with Crippen molar-refractivity contribution in [2.24, 2.45) is 0 Å². The van der Waals surface area contributed by atoms with Crippen molar-refractivity contribution in [2.45, 2.75) is 0 Å². The molecule has 94 valence electrons. The smallest absolute Gasteiger partial charge is 0.411 e. The van der Waals surface area contributed by atoms with Crippen molar-refractivity contribution in [3.63, 3.8) is 0 Å². The Balaban J connectivity index is 3.12. The third-order valence-electron chi connectivity index (χ3n) is 2.16. The molecule has 0 saturated carbocycles. The molecular weight excluding hydrogens is 244 g/mol. The van der Waals surface area contributed by atoms with E-state index >= 15 is 0 Å². The predicted octanol–water partition coefficient (Wildman–Crippen LogP) is 1.26. The monoisotopic (exact) mass is 258 g/mol. The molecule has 1 rings (SSSR count). The minimum atomic E-state index is -3.38. The van der Waals surface area contributed by atoms with Crippen LogP contribution in [0.15, 0.2) is 24.3 Å². The van der Waals surface area contributed by atoms with Crippen molar-refractivity contribution in [3.8, 4) is 0 Å². The highest BCUT2D eigenvalue weighted by molar-refractivity contribution is 7.92. The number of rotatable bonds is 3. The van der Waals surface area contributed by atoms with Crippen LogP contribution in [-0.2, 0) is 14.8 Å². The molecule has 17 heavy (non-hydrogen) atoms. The summed E-state index contributed by atoms with van der Waals surface area (Å²) in [5.74, 6) is 0. The van der Waals surface area contributed by atoms with Crippen molar-refractivity contribution in [2.75, 3.05) is 30.0 Å². The zero-order valence-electron chi connectivity index (χ0n) is 9.80. The van der Waals surface area contributed by atoms with E-state index in [-0.39, 0.29) is 0 Å². The van der Waals surface area contributed by atoms with Crippen LogP contribution in [0.1, 0.15) is 0 Å². The quantitative estimate of drug-likeness (QED) is 0.885. The number of amides is 1. The van der Waals surface area contributed by atoms with Crippen LogP contribution < -0.4 is 9.62 Å². The summed E-state index contributed by atoms with van der Waals surface area (Å²) < 4.78 is 28.4. The molecule has 1 aromatic rings. The van der Waals surface area contributed by atoms with Gasteiger partial charge in [0.25, 0.3) is 0 Å². The van der Waals surface area contributed by atoms with Gasteiger partial charge in [-0.25, -0.2) is 13.2 Å². The lowest BCUT2D eigenvalue weighted by atomic mass is 10.2. The van der Waals surface area contributed by atoms with Gasteiger partial charge in [-0.1, -0.05) is 12.1 Å². The van der Waals surface area contributed by atoms with Gasteiger partial charge in [0.2, 0.25) is 10.0 Å². The minimum absolute atomic E-state index is 0.368. The number of anilines is 2. The van der Waals surface area contributed by atoms with E-state index in [0.29, 0.717) is 11.4 Å². The van der Waals surface area contributed by atoms with Gasteiger partial charge in [-0.05, 0) is 12.1 Å². The number of nitrogens with zero attached hydrogens (tertiary/aromatic N) is 1. The third kappa shape index (κ3) is 3.35. The van der Waals surface area contributed by atoms with Crippen molar-refractivity contribution < 1.29 is 17.9 Å². The number of ether oxygens (including phenoxy) is 1. The van der Waals surface area contributed by atoms with E-state index in [4.69, 9.17) is 0 Å². The Morgan fingerprint density at radius 1 is 1.35 bits per heavy atom. The summed E-state index contributed by atoms with van der Waals surface area (Å²) >= 11 is 0. The molecule has 0 atom stereocenters. The molecule has 0 spiro atoms. The molecule has 1 amide bonds. The number of methoxy groups -OCH3 is 1. The molecule has 0 aliphatic carbocycles. The molecule has 7 heteroatoms. The van der Waals surface area contributed by atoms with Gasteiger partial charge in [0.15, 0.2) is 0 Å². The van der Waals surface area contributed by atoms with Gasteiger partial charge in [-0.15, -0.1) is 0 Å². The van der Waals surface area contributed by atoms with Gasteiger partial charge in [0, 0.05) is 7.05 Å². The lowest BCUT2D eigenvalue weighted by Gasteiger charge is -2.19. The Bertz CT molecular complexity index is 513. The molecule has 0 saturated heterocycles. The van der Waals surface area contributed by atoms with Crippen LogP contribution in [0.5, 0.6) is 0 Å². The fourth-order valence-electron chi connectivity index (χ4n) is 1.19. The SMILES string of the molecule is COC(=O)Nc1ccccc1N(C)S(C)(=O)=O. The first-order valence-corrected chi connectivity index (χ1v) is 6.59. The van der Waals surface area contributed by atoms with Crippen molar-refractivity contribution in [1.82, 2.24) is 0 Å². The molecule has 0 aliphatic heterocycles. The first-order chi connectivity index (χ1) is 7.86. The van der Waals surface area contributed by atoms with Crippen molar-refractivity contribution in [1.29, 1.82) is 0 Å². The number of hydrogen-bond acceptors (Lipinski definition) is 4. The highest BCUT2D eigenvalue weighted by Gasteiger charge is 2.16. The van der Waals surface area contributed by atoms with E-state index in [9.17, 15) is 13.2 Å². The van der Waals surface area contributed by atoms with Gasteiger partial charge in [-0.2, -0.15) is 0 Å². The second-order valence-electron chi connectivity index (χ2n) is 3.36. The van der Waals surface area contributed by atoms with Gasteiger partial charge in [-0.3, -0.25) is 9.62 Å². The molecule has 0 fully saturated rings. The van der Waals surface area contributed by atoms with Crippen LogP contribution in [0.25, 0.3) is 0 Å². The highest BCUT2D eigenvalue weighted by Crippen LogP contribution is 2.26. The number of sulfonamides is 1. The van der Waals surface area contributed by atoms with Gasteiger partial charge in [0.1, 0.15) is 0 Å². The lowest BCUT2D eigenvalue weighted by Crippen LogP contribution is -2.26. The van der Waals surface area contributed by atoms with Gasteiger partial charge >= 0.3 is 6.09 Å². The predicted molar refractivity (Wildman–Crippen MR) is 65.7 cm³/mol. The lowest BCUT2D eigenvalue weighted by molar-refractivity contribution is 0.187. The molecule has 0 unspecified atom stereocenters. The standard InChI is InChI=1S/C10H14N2O4S/c1-12(17(3,14)15)9-7-5-4-6-8(9)11-10(13)16-2/h4-7H,1-3H3,(H,11,13). The molecule has 0 heterocycles. The number of carbonyl (C=O) groups is 1. The Morgan fingerprint density at radius 2 is 1.94 bits per heavy atom. The fourth-order valence-corrected chi connectivity index (χ4v) is 1.71. The van der Waals surface area contributed by atoms with E-state index in [0.717, 1.165) is 10.6 Å². The summed E-state index contributed by atoms with van der Waals surface area (Å²) in [6.45, 7) is 0. The van der Waals surface area contributed by atoms with E-state index in [2.05, 4.69) is 10.1 Å². The number of benzene rings is 1. The molecule has 0 aromatic heterocycles. The first kappa shape index (κ1) is 13.3. The highest BCUT2D eigenvalue weighted by atomic mass is 32.2. The molecule has 0 radical (unpaired) electrons. The van der Waals surface area contributed by atoms with Crippen molar-refractivity contribution in [3.05, 3.63) is 24.3 Å². The Hall–Kier alpha value is -1.76.